The van der Waals surface area contributed by atoms with Crippen molar-refractivity contribution in [3.8, 4) is 11.3 Å². The summed E-state index contributed by atoms with van der Waals surface area (Å²) in [4.78, 5) is 16.9. The number of carbonyl (C=O) groups is 1. The van der Waals surface area contributed by atoms with Crippen LogP contribution in [-0.2, 0) is 4.74 Å². The maximum Gasteiger partial charge on any atom is 0.419 e. The van der Waals surface area contributed by atoms with E-state index in [-0.39, 0.29) is 6.09 Å². The molecule has 23 heavy (non-hydrogen) atoms. The van der Waals surface area contributed by atoms with Gasteiger partial charge < -0.3 is 4.74 Å². The van der Waals surface area contributed by atoms with Gasteiger partial charge in [-0.2, -0.15) is 0 Å². The first-order chi connectivity index (χ1) is 10.9. The summed E-state index contributed by atoms with van der Waals surface area (Å²) in [5.41, 5.74) is 3.05. The Labute approximate surface area is 135 Å². The second-order valence-electron chi connectivity index (χ2n) is 6.55. The van der Waals surface area contributed by atoms with Crippen molar-refractivity contribution in [2.75, 3.05) is 0 Å². The molecule has 0 saturated heterocycles. The van der Waals surface area contributed by atoms with Crippen molar-refractivity contribution >= 4 is 17.0 Å². The summed E-state index contributed by atoms with van der Waals surface area (Å²) in [6, 6.07) is 13.7. The summed E-state index contributed by atoms with van der Waals surface area (Å²) < 4.78 is 7.14. The normalized spacial score (nSPS) is 11.7. The Balaban J connectivity index is 2.16. The Bertz CT molecular complexity index is 858. The van der Waals surface area contributed by atoms with Gasteiger partial charge in [-0.15, -0.1) is 0 Å². The van der Waals surface area contributed by atoms with Gasteiger partial charge in [-0.3, -0.25) is 4.98 Å². The Morgan fingerprint density at radius 2 is 1.91 bits per heavy atom. The zero-order valence-electron chi connectivity index (χ0n) is 13.8. The molecule has 0 N–H and O–H groups in total. The summed E-state index contributed by atoms with van der Waals surface area (Å²) in [5, 5.41) is 0.995. The molecule has 0 unspecified atom stereocenters. The monoisotopic (exact) mass is 308 g/mol. The van der Waals surface area contributed by atoms with Crippen LogP contribution >= 0.6 is 0 Å². The highest BCUT2D eigenvalue weighted by molar-refractivity contribution is 5.99. The first kappa shape index (κ1) is 15.3. The fourth-order valence-corrected chi connectivity index (χ4v) is 2.66. The van der Waals surface area contributed by atoms with E-state index in [0.717, 1.165) is 27.9 Å². The lowest BCUT2D eigenvalue weighted by Gasteiger charge is -2.20. The van der Waals surface area contributed by atoms with Gasteiger partial charge in [-0.05, 0) is 52.0 Å². The van der Waals surface area contributed by atoms with E-state index in [1.54, 1.807) is 10.8 Å². The summed E-state index contributed by atoms with van der Waals surface area (Å²) in [7, 11) is 0. The van der Waals surface area contributed by atoms with Crippen molar-refractivity contribution in [1.29, 1.82) is 0 Å². The third-order valence-corrected chi connectivity index (χ3v) is 3.55. The standard InChI is InChI=1S/C19H20N2O2/c1-13-12-15-14(16-9-5-6-11-20-16)8-7-10-17(15)21(13)18(22)23-19(2,3)4/h5-12H,1-4H3. The smallest absolute Gasteiger partial charge is 0.419 e. The van der Waals surface area contributed by atoms with E-state index < -0.39 is 5.60 Å². The Morgan fingerprint density at radius 3 is 2.57 bits per heavy atom. The fraction of sp³-hybridized carbons (Fsp3) is 0.263. The number of pyridine rings is 1. The Hall–Kier alpha value is -2.62. The summed E-state index contributed by atoms with van der Waals surface area (Å²) in [5.74, 6) is 0. The highest BCUT2D eigenvalue weighted by atomic mass is 16.6. The number of nitrogens with zero attached hydrogens (tertiary/aromatic N) is 2. The molecule has 0 atom stereocenters. The van der Waals surface area contributed by atoms with Crippen LogP contribution < -0.4 is 0 Å². The van der Waals surface area contributed by atoms with Gasteiger partial charge in [0.2, 0.25) is 0 Å². The van der Waals surface area contributed by atoms with Crippen LogP contribution in [0.3, 0.4) is 0 Å². The molecule has 0 spiro atoms. The predicted octanol–water partition coefficient (Wildman–Crippen LogP) is 4.79. The minimum absolute atomic E-state index is 0.358. The topological polar surface area (TPSA) is 44.1 Å². The molecule has 0 fully saturated rings. The highest BCUT2D eigenvalue weighted by Crippen LogP contribution is 2.30. The zero-order chi connectivity index (χ0) is 16.6. The molecule has 1 aromatic carbocycles. The quantitative estimate of drug-likeness (QED) is 0.649. The number of hydrogen-bond acceptors (Lipinski definition) is 3. The molecule has 4 nitrogen and oxygen atoms in total. The van der Waals surface area contributed by atoms with Crippen molar-refractivity contribution in [1.82, 2.24) is 9.55 Å². The molecule has 2 aromatic heterocycles. The Kier molecular flexibility index (Phi) is 3.68. The van der Waals surface area contributed by atoms with Gasteiger partial charge in [0.05, 0.1) is 11.2 Å². The average Bonchev–Trinajstić information content (AvgIpc) is 2.82. The first-order valence-corrected chi connectivity index (χ1v) is 7.63. The lowest BCUT2D eigenvalue weighted by molar-refractivity contribution is 0.0542. The largest absolute Gasteiger partial charge is 0.443 e. The molecule has 0 amide bonds. The number of benzene rings is 1. The third kappa shape index (κ3) is 2.97. The van der Waals surface area contributed by atoms with Gasteiger partial charge in [0.15, 0.2) is 0 Å². The number of aryl methyl sites for hydroxylation is 1. The van der Waals surface area contributed by atoms with E-state index in [9.17, 15) is 4.79 Å². The number of hydrogen-bond donors (Lipinski definition) is 0. The number of carbonyl (C=O) groups excluding carboxylic acids is 1. The SMILES string of the molecule is Cc1cc2c(-c3ccccn3)cccc2n1C(=O)OC(C)(C)C. The van der Waals surface area contributed by atoms with Gasteiger partial charge in [0.25, 0.3) is 0 Å². The van der Waals surface area contributed by atoms with Crippen molar-refractivity contribution < 1.29 is 9.53 Å². The van der Waals surface area contributed by atoms with Gasteiger partial charge in [-0.1, -0.05) is 18.2 Å². The van der Waals surface area contributed by atoms with Gasteiger partial charge >= 0.3 is 6.09 Å². The van der Waals surface area contributed by atoms with Crippen molar-refractivity contribution in [3.05, 3.63) is 54.4 Å². The van der Waals surface area contributed by atoms with Crippen LogP contribution in [0.25, 0.3) is 22.2 Å². The van der Waals surface area contributed by atoms with E-state index in [0.29, 0.717) is 0 Å². The minimum atomic E-state index is -0.529. The maximum absolute atomic E-state index is 12.5. The number of rotatable bonds is 1. The lowest BCUT2D eigenvalue weighted by Crippen LogP contribution is -2.27. The summed E-state index contributed by atoms with van der Waals surface area (Å²) in [6.07, 6.45) is 1.41. The van der Waals surface area contributed by atoms with Crippen molar-refractivity contribution in [3.63, 3.8) is 0 Å². The number of aromatic nitrogens is 2. The molecule has 4 heteroatoms. The van der Waals surface area contributed by atoms with Crippen LogP contribution in [0.1, 0.15) is 26.5 Å². The van der Waals surface area contributed by atoms with E-state index >= 15 is 0 Å². The van der Waals surface area contributed by atoms with E-state index in [1.807, 2.05) is 70.2 Å². The number of ether oxygens (including phenoxy) is 1. The second kappa shape index (κ2) is 5.54. The van der Waals surface area contributed by atoms with Crippen LogP contribution in [0.15, 0.2) is 48.7 Å². The van der Waals surface area contributed by atoms with Crippen molar-refractivity contribution in [2.24, 2.45) is 0 Å². The number of fused-ring (bicyclic) bond motifs is 1. The molecule has 0 bridgehead atoms. The zero-order valence-corrected chi connectivity index (χ0v) is 13.8. The molecule has 0 aliphatic heterocycles. The molecular formula is C19H20N2O2. The average molecular weight is 308 g/mol. The maximum atomic E-state index is 12.5. The Morgan fingerprint density at radius 1 is 1.13 bits per heavy atom. The van der Waals surface area contributed by atoms with E-state index in [1.165, 1.54) is 0 Å². The molecule has 0 aliphatic rings. The van der Waals surface area contributed by atoms with Crippen LogP contribution in [0.2, 0.25) is 0 Å². The molecular weight excluding hydrogens is 288 g/mol. The second-order valence-corrected chi connectivity index (χ2v) is 6.55. The van der Waals surface area contributed by atoms with Crippen LogP contribution in [0.4, 0.5) is 4.79 Å². The van der Waals surface area contributed by atoms with E-state index in [2.05, 4.69) is 4.98 Å². The fourth-order valence-electron chi connectivity index (χ4n) is 2.66. The van der Waals surface area contributed by atoms with Crippen molar-refractivity contribution in [2.45, 2.75) is 33.3 Å². The molecule has 3 aromatic rings. The van der Waals surface area contributed by atoms with Gasteiger partial charge in [0, 0.05) is 22.8 Å². The molecule has 2 heterocycles. The van der Waals surface area contributed by atoms with Gasteiger partial charge in [0.1, 0.15) is 5.60 Å². The van der Waals surface area contributed by atoms with Crippen LogP contribution in [-0.4, -0.2) is 21.2 Å². The minimum Gasteiger partial charge on any atom is -0.443 e. The summed E-state index contributed by atoms with van der Waals surface area (Å²) >= 11 is 0. The predicted molar refractivity (Wildman–Crippen MR) is 91.5 cm³/mol. The molecule has 118 valence electrons. The highest BCUT2D eigenvalue weighted by Gasteiger charge is 2.21. The lowest BCUT2D eigenvalue weighted by atomic mass is 10.1. The van der Waals surface area contributed by atoms with E-state index in [4.69, 9.17) is 4.74 Å². The first-order valence-electron chi connectivity index (χ1n) is 7.63. The molecule has 0 aliphatic carbocycles. The third-order valence-electron chi connectivity index (χ3n) is 3.55. The molecule has 0 radical (unpaired) electrons. The van der Waals surface area contributed by atoms with Crippen LogP contribution in [0, 0.1) is 6.92 Å². The van der Waals surface area contributed by atoms with Crippen LogP contribution in [0.5, 0.6) is 0 Å². The van der Waals surface area contributed by atoms with Gasteiger partial charge in [-0.25, -0.2) is 9.36 Å². The molecule has 0 saturated carbocycles. The summed E-state index contributed by atoms with van der Waals surface area (Å²) in [6.45, 7) is 7.51. The molecule has 3 rings (SSSR count).